The maximum atomic E-state index is 11.8. The fourth-order valence-electron chi connectivity index (χ4n) is 1.24. The van der Waals surface area contributed by atoms with E-state index < -0.39 is 0 Å². The minimum absolute atomic E-state index is 0.0201. The zero-order chi connectivity index (χ0) is 10.8. The molecule has 0 aromatic heterocycles. The molecule has 1 heterocycles. The van der Waals surface area contributed by atoms with Gasteiger partial charge in [-0.05, 0) is 6.42 Å². The summed E-state index contributed by atoms with van der Waals surface area (Å²) in [5.41, 5.74) is 5.46. The third kappa shape index (κ3) is 2.45. The molecule has 0 saturated carbocycles. The number of nitrogens with two attached hydrogens (primary N) is 1. The first-order valence-corrected chi connectivity index (χ1v) is 5.11. The largest absolute Gasteiger partial charge is 0.378 e. The summed E-state index contributed by atoms with van der Waals surface area (Å²) in [6.45, 7) is 6.95. The van der Waals surface area contributed by atoms with Gasteiger partial charge in [0.05, 0.1) is 25.3 Å². The van der Waals surface area contributed by atoms with E-state index in [1.807, 2.05) is 20.8 Å². The van der Waals surface area contributed by atoms with Crippen LogP contribution in [0.25, 0.3) is 0 Å². The molecule has 1 fully saturated rings. The topological polar surface area (TPSA) is 64.3 Å². The number of rotatable bonds is 3. The van der Waals surface area contributed by atoms with Gasteiger partial charge in [-0.25, -0.2) is 0 Å². The average molecular weight is 200 g/mol. The summed E-state index contributed by atoms with van der Waals surface area (Å²) in [5.74, 6) is 0.0611. The van der Waals surface area contributed by atoms with Gasteiger partial charge in [-0.15, -0.1) is 0 Å². The summed E-state index contributed by atoms with van der Waals surface area (Å²) in [4.78, 5) is 11.8. The fourth-order valence-corrected chi connectivity index (χ4v) is 1.24. The lowest BCUT2D eigenvalue weighted by molar-refractivity contribution is -0.130. The van der Waals surface area contributed by atoms with E-state index >= 15 is 0 Å². The highest BCUT2D eigenvalue weighted by Crippen LogP contribution is 2.20. The van der Waals surface area contributed by atoms with Gasteiger partial charge >= 0.3 is 0 Å². The van der Waals surface area contributed by atoms with Crippen molar-refractivity contribution < 1.29 is 9.53 Å². The van der Waals surface area contributed by atoms with E-state index in [9.17, 15) is 4.79 Å². The number of carbonyl (C=O) groups is 1. The highest BCUT2D eigenvalue weighted by atomic mass is 16.5. The summed E-state index contributed by atoms with van der Waals surface area (Å²) in [6, 6.07) is -0.0834. The molecule has 0 aliphatic carbocycles. The van der Waals surface area contributed by atoms with Crippen molar-refractivity contribution in [1.82, 2.24) is 5.32 Å². The van der Waals surface area contributed by atoms with Crippen LogP contribution in [0, 0.1) is 5.41 Å². The predicted molar refractivity (Wildman–Crippen MR) is 54.8 cm³/mol. The van der Waals surface area contributed by atoms with Gasteiger partial charge in [0.25, 0.3) is 0 Å². The van der Waals surface area contributed by atoms with Crippen LogP contribution >= 0.6 is 0 Å². The highest BCUT2D eigenvalue weighted by Gasteiger charge is 2.31. The summed E-state index contributed by atoms with van der Waals surface area (Å²) >= 11 is 0. The lowest BCUT2D eigenvalue weighted by Gasteiger charge is -2.25. The van der Waals surface area contributed by atoms with Gasteiger partial charge in [-0.2, -0.15) is 0 Å². The van der Waals surface area contributed by atoms with Crippen LogP contribution in [0.4, 0.5) is 0 Å². The first-order valence-electron chi connectivity index (χ1n) is 5.11. The van der Waals surface area contributed by atoms with Crippen molar-refractivity contribution >= 4 is 5.91 Å². The molecule has 4 nitrogen and oxygen atoms in total. The minimum Gasteiger partial charge on any atom is -0.378 e. The third-order valence-electron chi connectivity index (χ3n) is 2.94. The number of hydrogen-bond donors (Lipinski definition) is 2. The zero-order valence-corrected chi connectivity index (χ0v) is 9.17. The molecule has 0 radical (unpaired) electrons. The first kappa shape index (κ1) is 11.5. The Morgan fingerprint density at radius 1 is 1.57 bits per heavy atom. The third-order valence-corrected chi connectivity index (χ3v) is 2.94. The summed E-state index contributed by atoms with van der Waals surface area (Å²) in [5, 5.41) is 2.93. The molecule has 0 spiro atoms. The van der Waals surface area contributed by atoms with Gasteiger partial charge in [0, 0.05) is 5.41 Å². The second kappa shape index (κ2) is 4.28. The molecule has 0 aromatic rings. The molecule has 2 unspecified atom stereocenters. The van der Waals surface area contributed by atoms with Crippen molar-refractivity contribution in [3.63, 3.8) is 0 Å². The second-order valence-corrected chi connectivity index (χ2v) is 4.52. The van der Waals surface area contributed by atoms with E-state index in [4.69, 9.17) is 10.5 Å². The maximum Gasteiger partial charge on any atom is 0.225 e. The fraction of sp³-hybridized carbons (Fsp3) is 0.900. The highest BCUT2D eigenvalue weighted by molar-refractivity contribution is 5.82. The molecule has 82 valence electrons. The molecule has 1 aliphatic rings. The molecule has 4 heteroatoms. The molecule has 0 aromatic carbocycles. The van der Waals surface area contributed by atoms with Crippen molar-refractivity contribution in [3.8, 4) is 0 Å². The summed E-state index contributed by atoms with van der Waals surface area (Å²) < 4.78 is 5.18. The van der Waals surface area contributed by atoms with Crippen LogP contribution in [0.2, 0.25) is 0 Å². The minimum atomic E-state index is -0.317. The monoisotopic (exact) mass is 200 g/mol. The molecule has 1 rings (SSSR count). The predicted octanol–water partition coefficient (Wildman–Crippen LogP) is 0.265. The van der Waals surface area contributed by atoms with Crippen LogP contribution in [0.1, 0.15) is 27.2 Å². The smallest absolute Gasteiger partial charge is 0.225 e. The van der Waals surface area contributed by atoms with Gasteiger partial charge in [0.1, 0.15) is 0 Å². The van der Waals surface area contributed by atoms with E-state index in [2.05, 4.69) is 5.32 Å². The van der Waals surface area contributed by atoms with Gasteiger partial charge < -0.3 is 15.8 Å². The Morgan fingerprint density at radius 3 is 2.64 bits per heavy atom. The van der Waals surface area contributed by atoms with E-state index in [0.717, 1.165) is 6.42 Å². The number of amides is 1. The molecule has 1 aliphatic heterocycles. The number of hydrogen-bond acceptors (Lipinski definition) is 3. The van der Waals surface area contributed by atoms with Crippen LogP contribution < -0.4 is 11.1 Å². The van der Waals surface area contributed by atoms with Crippen LogP contribution in [-0.4, -0.2) is 31.2 Å². The molecule has 1 saturated heterocycles. The van der Waals surface area contributed by atoms with Gasteiger partial charge in [0.2, 0.25) is 5.91 Å². The lowest BCUT2D eigenvalue weighted by atomic mass is 9.89. The number of ether oxygens (including phenoxy) is 1. The van der Waals surface area contributed by atoms with Crippen molar-refractivity contribution in [2.24, 2.45) is 11.1 Å². The van der Waals surface area contributed by atoms with Crippen LogP contribution in [-0.2, 0) is 9.53 Å². The standard InChI is InChI=1S/C10H20N2O2/c1-4-10(2,3)9(13)12-8-6-14-5-7(8)11/h7-8H,4-6,11H2,1-3H3,(H,12,13). The second-order valence-electron chi connectivity index (χ2n) is 4.52. The van der Waals surface area contributed by atoms with E-state index in [0.29, 0.717) is 13.2 Å². The van der Waals surface area contributed by atoms with E-state index in [1.54, 1.807) is 0 Å². The Labute approximate surface area is 85.2 Å². The Bertz CT molecular complexity index is 216. The van der Waals surface area contributed by atoms with Crippen LogP contribution in [0.15, 0.2) is 0 Å². The van der Waals surface area contributed by atoms with Crippen molar-refractivity contribution in [2.45, 2.75) is 39.3 Å². The van der Waals surface area contributed by atoms with Crippen LogP contribution in [0.5, 0.6) is 0 Å². The lowest BCUT2D eigenvalue weighted by Crippen LogP contribution is -2.50. The van der Waals surface area contributed by atoms with Crippen molar-refractivity contribution in [1.29, 1.82) is 0 Å². The molecular formula is C10H20N2O2. The van der Waals surface area contributed by atoms with Crippen LogP contribution in [0.3, 0.4) is 0 Å². The Morgan fingerprint density at radius 2 is 2.21 bits per heavy atom. The summed E-state index contributed by atoms with van der Waals surface area (Å²) in [7, 11) is 0. The normalized spacial score (nSPS) is 27.7. The molecular weight excluding hydrogens is 180 g/mol. The van der Waals surface area contributed by atoms with Gasteiger partial charge in [-0.3, -0.25) is 4.79 Å². The Kier molecular flexibility index (Phi) is 3.50. The quantitative estimate of drug-likeness (QED) is 0.687. The molecule has 3 N–H and O–H groups in total. The Hall–Kier alpha value is -0.610. The molecule has 0 bridgehead atoms. The zero-order valence-electron chi connectivity index (χ0n) is 9.17. The van der Waals surface area contributed by atoms with Gasteiger partial charge in [-0.1, -0.05) is 20.8 Å². The van der Waals surface area contributed by atoms with E-state index in [-0.39, 0.29) is 23.4 Å². The number of nitrogens with one attached hydrogen (secondary N) is 1. The first-order chi connectivity index (χ1) is 6.47. The average Bonchev–Trinajstić information content (AvgIpc) is 2.52. The van der Waals surface area contributed by atoms with Gasteiger partial charge in [0.15, 0.2) is 0 Å². The van der Waals surface area contributed by atoms with E-state index in [1.165, 1.54) is 0 Å². The Balaban J connectivity index is 2.48. The molecule has 14 heavy (non-hydrogen) atoms. The van der Waals surface area contributed by atoms with Crippen molar-refractivity contribution in [3.05, 3.63) is 0 Å². The van der Waals surface area contributed by atoms with Crippen molar-refractivity contribution in [2.75, 3.05) is 13.2 Å². The number of carbonyl (C=O) groups excluding carboxylic acids is 1. The SMILES string of the molecule is CCC(C)(C)C(=O)NC1COCC1N. The maximum absolute atomic E-state index is 11.8. The summed E-state index contributed by atoms with van der Waals surface area (Å²) in [6.07, 6.45) is 0.821. The molecule has 1 amide bonds. The molecule has 2 atom stereocenters.